The van der Waals surface area contributed by atoms with Gasteiger partial charge in [-0.25, -0.2) is 13.1 Å². The standard InChI is InChI=1S/C7H14F2N2O2S/c8-7(9)14(12,13)11-5-3-6-2-1-4-10-6/h6-7,10-11H,1-5H2. The molecule has 1 saturated heterocycles. The Kier molecular flexibility index (Phi) is 4.21. The van der Waals surface area contributed by atoms with Crippen molar-refractivity contribution in [2.75, 3.05) is 13.1 Å². The van der Waals surface area contributed by atoms with Crippen molar-refractivity contribution in [3.63, 3.8) is 0 Å². The molecule has 1 aliphatic rings. The normalized spacial score (nSPS) is 23.2. The number of alkyl halides is 2. The highest BCUT2D eigenvalue weighted by molar-refractivity contribution is 7.89. The lowest BCUT2D eigenvalue weighted by Gasteiger charge is -2.10. The van der Waals surface area contributed by atoms with Crippen molar-refractivity contribution in [1.82, 2.24) is 10.0 Å². The summed E-state index contributed by atoms with van der Waals surface area (Å²) in [5, 5.41) is 3.15. The van der Waals surface area contributed by atoms with Crippen LogP contribution in [0.15, 0.2) is 0 Å². The quantitative estimate of drug-likeness (QED) is 0.710. The van der Waals surface area contributed by atoms with Crippen LogP contribution in [0, 0.1) is 0 Å². The Balaban J connectivity index is 2.20. The van der Waals surface area contributed by atoms with Gasteiger partial charge in [0.15, 0.2) is 0 Å². The van der Waals surface area contributed by atoms with Gasteiger partial charge in [0.2, 0.25) is 0 Å². The summed E-state index contributed by atoms with van der Waals surface area (Å²) in [6.45, 7) is 0.997. The zero-order valence-corrected chi connectivity index (χ0v) is 8.49. The molecule has 0 amide bonds. The Hall–Kier alpha value is -0.270. The molecule has 7 heteroatoms. The Labute approximate surface area is 82.1 Å². The Morgan fingerprint density at radius 1 is 1.50 bits per heavy atom. The van der Waals surface area contributed by atoms with Gasteiger partial charge in [0.05, 0.1) is 0 Å². The first-order valence-electron chi connectivity index (χ1n) is 4.52. The zero-order valence-electron chi connectivity index (χ0n) is 7.67. The van der Waals surface area contributed by atoms with Crippen molar-refractivity contribution in [2.24, 2.45) is 0 Å². The van der Waals surface area contributed by atoms with Crippen molar-refractivity contribution in [3.8, 4) is 0 Å². The Morgan fingerprint density at radius 3 is 2.71 bits per heavy atom. The van der Waals surface area contributed by atoms with Gasteiger partial charge < -0.3 is 5.32 Å². The van der Waals surface area contributed by atoms with Crippen molar-refractivity contribution >= 4 is 10.0 Å². The molecular weight excluding hydrogens is 214 g/mol. The minimum atomic E-state index is -4.40. The first-order valence-corrected chi connectivity index (χ1v) is 6.07. The third kappa shape index (κ3) is 3.47. The number of rotatable bonds is 5. The lowest BCUT2D eigenvalue weighted by Crippen LogP contribution is -2.33. The summed E-state index contributed by atoms with van der Waals surface area (Å²) in [6, 6.07) is 0.260. The van der Waals surface area contributed by atoms with E-state index in [1.807, 2.05) is 4.72 Å². The predicted octanol–water partition coefficient (Wildman–Crippen LogP) is 0.270. The fourth-order valence-corrected chi connectivity index (χ4v) is 1.97. The average molecular weight is 228 g/mol. The molecule has 84 valence electrons. The third-order valence-corrected chi connectivity index (χ3v) is 3.27. The molecule has 1 rings (SSSR count). The lowest BCUT2D eigenvalue weighted by molar-refractivity contribution is 0.232. The van der Waals surface area contributed by atoms with E-state index in [4.69, 9.17) is 0 Å². The van der Waals surface area contributed by atoms with Gasteiger partial charge in [0.1, 0.15) is 0 Å². The molecule has 0 aromatic carbocycles. The summed E-state index contributed by atoms with van der Waals surface area (Å²) in [5.41, 5.74) is 0. The summed E-state index contributed by atoms with van der Waals surface area (Å²) in [4.78, 5) is 0. The molecule has 0 aliphatic carbocycles. The van der Waals surface area contributed by atoms with E-state index >= 15 is 0 Å². The highest BCUT2D eigenvalue weighted by Gasteiger charge is 2.23. The first-order chi connectivity index (χ1) is 6.52. The molecule has 1 fully saturated rings. The van der Waals surface area contributed by atoms with E-state index in [1.165, 1.54) is 0 Å². The number of hydrogen-bond acceptors (Lipinski definition) is 3. The van der Waals surface area contributed by atoms with Gasteiger partial charge in [-0.05, 0) is 25.8 Å². The molecular formula is C7H14F2N2O2S. The van der Waals surface area contributed by atoms with Crippen molar-refractivity contribution in [2.45, 2.75) is 31.1 Å². The van der Waals surface area contributed by atoms with Crippen LogP contribution in [0.3, 0.4) is 0 Å². The maximum Gasteiger partial charge on any atom is 0.350 e. The molecule has 0 bridgehead atoms. The smallest absolute Gasteiger partial charge is 0.314 e. The number of sulfonamides is 1. The van der Waals surface area contributed by atoms with E-state index in [-0.39, 0.29) is 12.6 Å². The highest BCUT2D eigenvalue weighted by Crippen LogP contribution is 2.08. The van der Waals surface area contributed by atoms with E-state index < -0.39 is 15.8 Å². The topological polar surface area (TPSA) is 58.2 Å². The van der Waals surface area contributed by atoms with Crippen LogP contribution in [0.2, 0.25) is 0 Å². The summed E-state index contributed by atoms with van der Waals surface area (Å²) in [6.07, 6.45) is 2.61. The average Bonchev–Trinajstić information content (AvgIpc) is 2.56. The van der Waals surface area contributed by atoms with Gasteiger partial charge >= 0.3 is 5.76 Å². The van der Waals surface area contributed by atoms with Gasteiger partial charge in [-0.3, -0.25) is 0 Å². The van der Waals surface area contributed by atoms with Crippen molar-refractivity contribution < 1.29 is 17.2 Å². The monoisotopic (exact) mass is 228 g/mol. The maximum absolute atomic E-state index is 11.8. The largest absolute Gasteiger partial charge is 0.350 e. The zero-order chi connectivity index (χ0) is 10.6. The van der Waals surface area contributed by atoms with E-state index in [0.717, 1.165) is 19.4 Å². The molecule has 14 heavy (non-hydrogen) atoms. The molecule has 1 unspecified atom stereocenters. The van der Waals surface area contributed by atoms with Crippen LogP contribution >= 0.6 is 0 Å². The van der Waals surface area contributed by atoms with E-state index in [0.29, 0.717) is 6.42 Å². The molecule has 0 radical (unpaired) electrons. The second kappa shape index (κ2) is 4.99. The van der Waals surface area contributed by atoms with Gasteiger partial charge in [-0.1, -0.05) is 0 Å². The fraction of sp³-hybridized carbons (Fsp3) is 1.00. The molecule has 0 aromatic heterocycles. The Bertz CT molecular complexity index is 263. The van der Waals surface area contributed by atoms with Crippen LogP contribution in [0.5, 0.6) is 0 Å². The predicted molar refractivity (Wildman–Crippen MR) is 48.6 cm³/mol. The molecule has 2 N–H and O–H groups in total. The molecule has 1 atom stereocenters. The van der Waals surface area contributed by atoms with Crippen LogP contribution in [0.1, 0.15) is 19.3 Å². The van der Waals surface area contributed by atoms with Gasteiger partial charge in [-0.2, -0.15) is 8.78 Å². The van der Waals surface area contributed by atoms with Crippen LogP contribution in [-0.4, -0.2) is 33.3 Å². The fourth-order valence-electron chi connectivity index (χ4n) is 1.44. The second-order valence-corrected chi connectivity index (χ2v) is 5.02. The third-order valence-electron chi connectivity index (χ3n) is 2.19. The minimum absolute atomic E-state index is 0.0737. The number of hydrogen-bond donors (Lipinski definition) is 2. The molecule has 0 aromatic rings. The molecule has 0 saturated carbocycles. The van der Waals surface area contributed by atoms with E-state index in [2.05, 4.69) is 5.32 Å². The molecule has 1 heterocycles. The maximum atomic E-state index is 11.8. The minimum Gasteiger partial charge on any atom is -0.314 e. The summed E-state index contributed by atoms with van der Waals surface area (Å²) in [5.74, 6) is -3.33. The molecule has 1 aliphatic heterocycles. The van der Waals surface area contributed by atoms with Crippen molar-refractivity contribution in [3.05, 3.63) is 0 Å². The number of halogens is 2. The van der Waals surface area contributed by atoms with Crippen LogP contribution in [0.25, 0.3) is 0 Å². The second-order valence-electron chi connectivity index (χ2n) is 3.28. The van der Waals surface area contributed by atoms with Crippen LogP contribution in [0.4, 0.5) is 8.78 Å². The van der Waals surface area contributed by atoms with E-state index in [1.54, 1.807) is 0 Å². The van der Waals surface area contributed by atoms with Gasteiger partial charge in [0, 0.05) is 12.6 Å². The van der Waals surface area contributed by atoms with Gasteiger partial charge in [0.25, 0.3) is 10.0 Å². The van der Waals surface area contributed by atoms with Crippen molar-refractivity contribution in [1.29, 1.82) is 0 Å². The first kappa shape index (κ1) is 11.8. The summed E-state index contributed by atoms with van der Waals surface area (Å²) >= 11 is 0. The van der Waals surface area contributed by atoms with Crippen LogP contribution < -0.4 is 10.0 Å². The lowest BCUT2D eigenvalue weighted by atomic mass is 10.2. The van der Waals surface area contributed by atoms with Crippen LogP contribution in [-0.2, 0) is 10.0 Å². The van der Waals surface area contributed by atoms with Gasteiger partial charge in [-0.15, -0.1) is 0 Å². The molecule has 0 spiro atoms. The number of nitrogens with one attached hydrogen (secondary N) is 2. The highest BCUT2D eigenvalue weighted by atomic mass is 32.2. The Morgan fingerprint density at radius 2 is 2.21 bits per heavy atom. The van der Waals surface area contributed by atoms with E-state index in [9.17, 15) is 17.2 Å². The summed E-state index contributed by atoms with van der Waals surface area (Å²) in [7, 11) is -4.40. The summed E-state index contributed by atoms with van der Waals surface area (Å²) < 4.78 is 46.8. The SMILES string of the molecule is O=S(=O)(NCCC1CCCN1)C(F)F. The molecule has 4 nitrogen and oxygen atoms in total.